The van der Waals surface area contributed by atoms with Crippen molar-refractivity contribution >= 4 is 6.09 Å². The molecule has 0 unspecified atom stereocenters. The number of hydrogen-bond donors (Lipinski definition) is 2. The molecule has 1 aliphatic heterocycles. The maximum atomic E-state index is 11.7. The molecule has 1 aliphatic rings. The fourth-order valence-electron chi connectivity index (χ4n) is 2.25. The lowest BCUT2D eigenvalue weighted by atomic mass is 10.0. The van der Waals surface area contributed by atoms with Crippen molar-refractivity contribution in [2.24, 2.45) is 5.92 Å². The Kier molecular flexibility index (Phi) is 5.76. The first kappa shape index (κ1) is 16.7. The Labute approximate surface area is 130 Å². The summed E-state index contributed by atoms with van der Waals surface area (Å²) < 4.78 is 16.3. The monoisotopic (exact) mass is 309 g/mol. The minimum absolute atomic E-state index is 0.0942. The van der Waals surface area contributed by atoms with Crippen LogP contribution in [0.2, 0.25) is 0 Å². The minimum Gasteiger partial charge on any atom is -0.445 e. The molecule has 1 heterocycles. The summed E-state index contributed by atoms with van der Waals surface area (Å²) in [5.41, 5.74) is 0.922. The Morgan fingerprint density at radius 3 is 2.77 bits per heavy atom. The number of hydrogen-bond acceptors (Lipinski definition) is 5. The van der Waals surface area contributed by atoms with Crippen LogP contribution in [0.5, 0.6) is 0 Å². The van der Waals surface area contributed by atoms with E-state index in [1.54, 1.807) is 0 Å². The fraction of sp³-hybridized carbons (Fsp3) is 0.562. The summed E-state index contributed by atoms with van der Waals surface area (Å²) in [6.07, 6.45) is -0.755. The first-order valence-electron chi connectivity index (χ1n) is 7.37. The van der Waals surface area contributed by atoms with E-state index < -0.39 is 11.9 Å². The summed E-state index contributed by atoms with van der Waals surface area (Å²) in [6, 6.07) is 9.45. The number of aliphatic hydroxyl groups excluding tert-OH is 1. The molecule has 0 bridgehead atoms. The molecule has 1 amide bonds. The van der Waals surface area contributed by atoms with Crippen LogP contribution in [0.4, 0.5) is 4.79 Å². The highest BCUT2D eigenvalue weighted by Gasteiger charge is 2.37. The second kappa shape index (κ2) is 7.58. The first-order chi connectivity index (χ1) is 10.5. The van der Waals surface area contributed by atoms with Gasteiger partial charge in [-0.15, -0.1) is 0 Å². The van der Waals surface area contributed by atoms with Gasteiger partial charge in [0.25, 0.3) is 0 Å². The number of rotatable bonds is 6. The van der Waals surface area contributed by atoms with E-state index in [1.807, 2.05) is 44.2 Å². The minimum atomic E-state index is -0.647. The Bertz CT molecular complexity index is 477. The zero-order valence-corrected chi connectivity index (χ0v) is 13.0. The van der Waals surface area contributed by atoms with Crippen LogP contribution in [-0.2, 0) is 20.8 Å². The highest BCUT2D eigenvalue weighted by atomic mass is 16.7. The fourth-order valence-corrected chi connectivity index (χ4v) is 2.25. The lowest BCUT2D eigenvalue weighted by molar-refractivity contribution is -0.145. The van der Waals surface area contributed by atoms with Crippen LogP contribution in [-0.4, -0.2) is 42.8 Å². The molecule has 122 valence electrons. The summed E-state index contributed by atoms with van der Waals surface area (Å²) in [5, 5.41) is 12.1. The molecule has 2 rings (SSSR count). The summed E-state index contributed by atoms with van der Waals surface area (Å²) >= 11 is 0. The number of carbonyl (C=O) groups excluding carboxylic acids is 1. The molecule has 1 fully saturated rings. The number of benzene rings is 1. The van der Waals surface area contributed by atoms with Crippen LogP contribution >= 0.6 is 0 Å². The molecule has 1 aromatic carbocycles. The van der Waals surface area contributed by atoms with Crippen molar-refractivity contribution in [1.29, 1.82) is 0 Å². The maximum Gasteiger partial charge on any atom is 0.407 e. The van der Waals surface area contributed by atoms with Gasteiger partial charge in [-0.1, -0.05) is 30.3 Å². The Morgan fingerprint density at radius 2 is 2.18 bits per heavy atom. The van der Waals surface area contributed by atoms with Crippen molar-refractivity contribution < 1.29 is 24.1 Å². The molecule has 0 aromatic heterocycles. The second-order valence-corrected chi connectivity index (χ2v) is 5.75. The number of alkyl carbamates (subject to hydrolysis) is 1. The number of carbonyl (C=O) groups is 1. The zero-order chi connectivity index (χ0) is 16.0. The second-order valence-electron chi connectivity index (χ2n) is 5.75. The van der Waals surface area contributed by atoms with Gasteiger partial charge in [0.05, 0.1) is 19.3 Å². The van der Waals surface area contributed by atoms with Gasteiger partial charge in [0.2, 0.25) is 0 Å². The van der Waals surface area contributed by atoms with Gasteiger partial charge in [0.1, 0.15) is 6.61 Å². The van der Waals surface area contributed by atoms with Crippen LogP contribution in [0.1, 0.15) is 19.4 Å². The third-order valence-electron chi connectivity index (χ3n) is 3.51. The quantitative estimate of drug-likeness (QED) is 0.836. The highest BCUT2D eigenvalue weighted by molar-refractivity contribution is 5.67. The molecule has 1 saturated heterocycles. The van der Waals surface area contributed by atoms with E-state index in [0.717, 1.165) is 5.56 Å². The average Bonchev–Trinajstić information content (AvgIpc) is 2.87. The molecule has 0 saturated carbocycles. The number of amides is 1. The third kappa shape index (κ3) is 4.98. The summed E-state index contributed by atoms with van der Waals surface area (Å²) in [5.74, 6) is -0.877. The largest absolute Gasteiger partial charge is 0.445 e. The number of aliphatic hydroxyl groups is 1. The topological polar surface area (TPSA) is 77.0 Å². The summed E-state index contributed by atoms with van der Waals surface area (Å²) in [6.45, 7) is 4.44. The van der Waals surface area contributed by atoms with Crippen molar-refractivity contribution in [3.63, 3.8) is 0 Å². The molecule has 6 heteroatoms. The molecule has 22 heavy (non-hydrogen) atoms. The predicted molar refractivity (Wildman–Crippen MR) is 80.1 cm³/mol. The molecule has 6 nitrogen and oxygen atoms in total. The van der Waals surface area contributed by atoms with Gasteiger partial charge < -0.3 is 24.6 Å². The van der Waals surface area contributed by atoms with E-state index in [4.69, 9.17) is 14.2 Å². The van der Waals surface area contributed by atoms with E-state index in [-0.39, 0.29) is 31.8 Å². The van der Waals surface area contributed by atoms with Crippen molar-refractivity contribution in [3.8, 4) is 0 Å². The van der Waals surface area contributed by atoms with E-state index in [2.05, 4.69) is 5.32 Å². The van der Waals surface area contributed by atoms with Gasteiger partial charge in [-0.05, 0) is 19.4 Å². The number of nitrogens with one attached hydrogen (secondary N) is 1. The SMILES string of the molecule is CC1(C)OC[C@H]([C@@H](CO)CNC(=O)OCc2ccccc2)O1. The molecule has 0 spiro atoms. The van der Waals surface area contributed by atoms with Gasteiger partial charge in [0.15, 0.2) is 5.79 Å². The Morgan fingerprint density at radius 1 is 1.45 bits per heavy atom. The molecular weight excluding hydrogens is 286 g/mol. The van der Waals surface area contributed by atoms with E-state index in [9.17, 15) is 9.90 Å². The molecular formula is C16H23NO5. The van der Waals surface area contributed by atoms with Gasteiger partial charge >= 0.3 is 6.09 Å². The van der Waals surface area contributed by atoms with Crippen molar-refractivity contribution in [3.05, 3.63) is 35.9 Å². The Balaban J connectivity index is 1.72. The van der Waals surface area contributed by atoms with Gasteiger partial charge in [-0.3, -0.25) is 0 Å². The van der Waals surface area contributed by atoms with Gasteiger partial charge in [-0.2, -0.15) is 0 Å². The van der Waals surface area contributed by atoms with Gasteiger partial charge in [0, 0.05) is 12.5 Å². The van der Waals surface area contributed by atoms with Gasteiger partial charge in [-0.25, -0.2) is 4.79 Å². The Hall–Kier alpha value is -1.63. The average molecular weight is 309 g/mol. The molecule has 0 radical (unpaired) electrons. The van der Waals surface area contributed by atoms with E-state index >= 15 is 0 Å². The van der Waals surface area contributed by atoms with Crippen LogP contribution in [0, 0.1) is 5.92 Å². The van der Waals surface area contributed by atoms with Crippen LogP contribution in [0.15, 0.2) is 30.3 Å². The van der Waals surface area contributed by atoms with Crippen molar-refractivity contribution in [2.45, 2.75) is 32.3 Å². The molecule has 0 aliphatic carbocycles. The standard InChI is InChI=1S/C16H23NO5/c1-16(2)21-11-14(22-16)13(9-18)8-17-15(19)20-10-12-6-4-3-5-7-12/h3-7,13-14,18H,8-11H2,1-2H3,(H,17,19)/t13-,14-/m1/s1. The van der Waals surface area contributed by atoms with Crippen molar-refractivity contribution in [1.82, 2.24) is 5.32 Å². The predicted octanol–water partition coefficient (Wildman–Crippen LogP) is 1.67. The summed E-state index contributed by atoms with van der Waals surface area (Å²) in [7, 11) is 0. The molecule has 1 aromatic rings. The smallest absolute Gasteiger partial charge is 0.407 e. The van der Waals surface area contributed by atoms with E-state index in [0.29, 0.717) is 6.61 Å². The maximum absolute atomic E-state index is 11.7. The van der Waals surface area contributed by atoms with Crippen molar-refractivity contribution in [2.75, 3.05) is 19.8 Å². The van der Waals surface area contributed by atoms with E-state index in [1.165, 1.54) is 0 Å². The lowest BCUT2D eigenvalue weighted by Crippen LogP contribution is -2.39. The first-order valence-corrected chi connectivity index (χ1v) is 7.37. The van der Waals surface area contributed by atoms with Crippen LogP contribution in [0.3, 0.4) is 0 Å². The summed E-state index contributed by atoms with van der Waals surface area (Å²) in [4.78, 5) is 11.7. The highest BCUT2D eigenvalue weighted by Crippen LogP contribution is 2.26. The lowest BCUT2D eigenvalue weighted by Gasteiger charge is -2.22. The zero-order valence-electron chi connectivity index (χ0n) is 13.0. The molecule has 2 N–H and O–H groups in total. The molecule has 2 atom stereocenters. The third-order valence-corrected chi connectivity index (χ3v) is 3.51. The van der Waals surface area contributed by atoms with Crippen LogP contribution in [0.25, 0.3) is 0 Å². The van der Waals surface area contributed by atoms with Crippen LogP contribution < -0.4 is 5.32 Å². The number of ether oxygens (including phenoxy) is 3. The normalized spacial score (nSPS) is 21.3.